The van der Waals surface area contributed by atoms with Crippen LogP contribution in [-0.4, -0.2) is 20.4 Å². The van der Waals surface area contributed by atoms with E-state index < -0.39 is 22.0 Å². The van der Waals surface area contributed by atoms with Crippen LogP contribution in [0.2, 0.25) is 10.0 Å². The van der Waals surface area contributed by atoms with Crippen molar-refractivity contribution in [1.82, 2.24) is 4.72 Å². The molecule has 8 heteroatoms. The molecule has 0 aliphatic rings. The van der Waals surface area contributed by atoms with E-state index in [1.54, 1.807) is 36.4 Å². The van der Waals surface area contributed by atoms with Gasteiger partial charge in [-0.25, -0.2) is 8.42 Å². The smallest absolute Gasteiger partial charge is 0.324 e. The fourth-order valence-electron chi connectivity index (χ4n) is 1.98. The number of carbonyl (C=O) groups excluding carboxylic acids is 1. The Kier molecular flexibility index (Phi) is 7.23. The van der Waals surface area contributed by atoms with Gasteiger partial charge in [0.05, 0.1) is 0 Å². The first-order valence-electron chi connectivity index (χ1n) is 7.63. The summed E-state index contributed by atoms with van der Waals surface area (Å²) in [5.41, 5.74) is 1.30. The molecule has 2 aromatic rings. The highest BCUT2D eigenvalue weighted by Crippen LogP contribution is 2.21. The molecule has 2 aromatic carbocycles. The first-order valence-corrected chi connectivity index (χ1v) is 9.93. The van der Waals surface area contributed by atoms with Crippen LogP contribution in [0.5, 0.6) is 0 Å². The van der Waals surface area contributed by atoms with Crippen LogP contribution < -0.4 is 4.72 Å². The minimum Gasteiger partial charge on any atom is -0.460 e. The Morgan fingerprint density at radius 1 is 1.19 bits per heavy atom. The molecule has 0 amide bonds. The van der Waals surface area contributed by atoms with Gasteiger partial charge in [-0.3, -0.25) is 4.79 Å². The molecule has 26 heavy (non-hydrogen) atoms. The van der Waals surface area contributed by atoms with Gasteiger partial charge < -0.3 is 4.74 Å². The van der Waals surface area contributed by atoms with Crippen molar-refractivity contribution in [3.8, 4) is 0 Å². The van der Waals surface area contributed by atoms with E-state index in [9.17, 15) is 13.2 Å². The van der Waals surface area contributed by atoms with Gasteiger partial charge in [-0.1, -0.05) is 59.6 Å². The first kappa shape index (κ1) is 20.5. The highest BCUT2D eigenvalue weighted by atomic mass is 35.5. The van der Waals surface area contributed by atoms with Crippen molar-refractivity contribution < 1.29 is 17.9 Å². The molecule has 2 rings (SSSR count). The van der Waals surface area contributed by atoms with E-state index in [4.69, 9.17) is 27.9 Å². The highest BCUT2D eigenvalue weighted by Gasteiger charge is 2.20. The summed E-state index contributed by atoms with van der Waals surface area (Å²) in [6, 6.07) is 12.7. The second-order valence-electron chi connectivity index (χ2n) is 5.44. The monoisotopic (exact) mass is 413 g/mol. The van der Waals surface area contributed by atoms with Crippen LogP contribution in [0, 0.1) is 0 Å². The zero-order valence-electron chi connectivity index (χ0n) is 13.9. The Hall–Kier alpha value is -1.86. The Bertz CT molecular complexity index is 899. The van der Waals surface area contributed by atoms with Gasteiger partial charge in [-0.15, -0.1) is 0 Å². The third-order valence-electron chi connectivity index (χ3n) is 3.32. The fourth-order valence-corrected chi connectivity index (χ4v) is 3.45. The average Bonchev–Trinajstić information content (AvgIpc) is 2.59. The zero-order chi connectivity index (χ0) is 19.2. The molecule has 0 saturated carbocycles. The summed E-state index contributed by atoms with van der Waals surface area (Å²) in [6.07, 6.45) is 1.44. The maximum Gasteiger partial charge on any atom is 0.324 e. The van der Waals surface area contributed by atoms with E-state index in [0.29, 0.717) is 15.6 Å². The van der Waals surface area contributed by atoms with Crippen molar-refractivity contribution in [2.24, 2.45) is 0 Å². The van der Waals surface area contributed by atoms with Crippen LogP contribution in [0.15, 0.2) is 53.9 Å². The largest absolute Gasteiger partial charge is 0.460 e. The number of carbonyl (C=O) groups is 1. The van der Waals surface area contributed by atoms with Crippen molar-refractivity contribution in [1.29, 1.82) is 0 Å². The number of hydrogen-bond donors (Lipinski definition) is 1. The topological polar surface area (TPSA) is 72.5 Å². The van der Waals surface area contributed by atoms with Gasteiger partial charge in [0, 0.05) is 21.0 Å². The number of nitrogens with one attached hydrogen (secondary N) is 1. The number of esters is 1. The Labute approximate surface area is 162 Å². The summed E-state index contributed by atoms with van der Waals surface area (Å²) in [5.74, 6) is -0.715. The molecule has 0 saturated heterocycles. The summed E-state index contributed by atoms with van der Waals surface area (Å²) in [7, 11) is -3.80. The van der Waals surface area contributed by atoms with Crippen LogP contribution in [0.3, 0.4) is 0 Å². The quantitative estimate of drug-likeness (QED) is 0.695. The molecule has 0 radical (unpaired) electrons. The number of ether oxygens (including phenoxy) is 1. The number of hydrogen-bond acceptors (Lipinski definition) is 4. The van der Waals surface area contributed by atoms with E-state index in [2.05, 4.69) is 4.72 Å². The first-order chi connectivity index (χ1) is 12.3. The van der Waals surface area contributed by atoms with E-state index >= 15 is 0 Å². The van der Waals surface area contributed by atoms with Crippen LogP contribution >= 0.6 is 23.2 Å². The molecule has 0 bridgehead atoms. The molecular formula is C18H17Cl2NO4S. The summed E-state index contributed by atoms with van der Waals surface area (Å²) in [6.45, 7) is 1.32. The van der Waals surface area contributed by atoms with Crippen LogP contribution in [0.25, 0.3) is 6.08 Å². The molecule has 5 nitrogen and oxygen atoms in total. The maximum atomic E-state index is 12.0. The van der Waals surface area contributed by atoms with Crippen molar-refractivity contribution in [2.75, 3.05) is 0 Å². The van der Waals surface area contributed by atoms with Gasteiger partial charge in [0.2, 0.25) is 10.0 Å². The standard InChI is InChI=1S/C18H17Cl2NO4S/c1-13(18(22)25-12-15-7-8-16(19)11-17(15)20)21-26(23,24)10-9-14-5-3-2-4-6-14/h2-11,13,21H,12H2,1H3/b10-9+/t13-/m1/s1. The number of rotatable bonds is 7. The van der Waals surface area contributed by atoms with Crippen LogP contribution in [0.4, 0.5) is 0 Å². The van der Waals surface area contributed by atoms with Gasteiger partial charge in [0.15, 0.2) is 0 Å². The van der Waals surface area contributed by atoms with E-state index in [1.807, 2.05) is 6.07 Å². The van der Waals surface area contributed by atoms with Crippen molar-refractivity contribution in [3.63, 3.8) is 0 Å². The van der Waals surface area contributed by atoms with E-state index in [0.717, 1.165) is 11.0 Å². The fraction of sp³-hybridized carbons (Fsp3) is 0.167. The lowest BCUT2D eigenvalue weighted by Crippen LogP contribution is -2.38. The molecule has 138 valence electrons. The minimum absolute atomic E-state index is 0.0826. The molecule has 1 N–H and O–H groups in total. The summed E-state index contributed by atoms with van der Waals surface area (Å²) >= 11 is 11.8. The van der Waals surface area contributed by atoms with Crippen LogP contribution in [0.1, 0.15) is 18.1 Å². The number of sulfonamides is 1. The molecule has 0 fully saturated rings. The van der Waals surface area contributed by atoms with Gasteiger partial charge in [-0.2, -0.15) is 4.72 Å². The molecular weight excluding hydrogens is 397 g/mol. The van der Waals surface area contributed by atoms with E-state index in [1.165, 1.54) is 19.1 Å². The molecule has 0 unspecified atom stereocenters. The molecule has 0 aliphatic heterocycles. The second-order valence-corrected chi connectivity index (χ2v) is 7.88. The van der Waals surface area contributed by atoms with Gasteiger partial charge in [-0.05, 0) is 30.7 Å². The third kappa shape index (κ3) is 6.46. The molecule has 0 aromatic heterocycles. The highest BCUT2D eigenvalue weighted by molar-refractivity contribution is 7.92. The molecule has 0 heterocycles. The summed E-state index contributed by atoms with van der Waals surface area (Å²) < 4.78 is 31.4. The predicted molar refractivity (Wildman–Crippen MR) is 103 cm³/mol. The molecule has 0 aliphatic carbocycles. The van der Waals surface area contributed by atoms with Gasteiger partial charge in [0.1, 0.15) is 12.6 Å². The predicted octanol–water partition coefficient (Wildman–Crippen LogP) is 4.02. The minimum atomic E-state index is -3.80. The summed E-state index contributed by atoms with van der Waals surface area (Å²) in [4.78, 5) is 12.0. The van der Waals surface area contributed by atoms with Crippen molar-refractivity contribution in [2.45, 2.75) is 19.6 Å². The summed E-state index contributed by atoms with van der Waals surface area (Å²) in [5, 5.41) is 1.84. The normalized spacial score (nSPS) is 12.9. The van der Waals surface area contributed by atoms with Gasteiger partial charge in [0.25, 0.3) is 0 Å². The Morgan fingerprint density at radius 2 is 1.88 bits per heavy atom. The Balaban J connectivity index is 1.92. The van der Waals surface area contributed by atoms with Gasteiger partial charge >= 0.3 is 5.97 Å². The molecule has 0 spiro atoms. The third-order valence-corrected chi connectivity index (χ3v) is 5.08. The lowest BCUT2D eigenvalue weighted by atomic mass is 10.2. The second kappa shape index (κ2) is 9.19. The maximum absolute atomic E-state index is 12.0. The zero-order valence-corrected chi connectivity index (χ0v) is 16.2. The lowest BCUT2D eigenvalue weighted by Gasteiger charge is -2.13. The number of benzene rings is 2. The SMILES string of the molecule is C[C@@H](NS(=O)(=O)/C=C/c1ccccc1)C(=O)OCc1ccc(Cl)cc1Cl. The number of halogens is 2. The van der Waals surface area contributed by atoms with Crippen molar-refractivity contribution in [3.05, 3.63) is 75.1 Å². The average molecular weight is 414 g/mol. The van der Waals surface area contributed by atoms with Crippen LogP contribution in [-0.2, 0) is 26.2 Å². The lowest BCUT2D eigenvalue weighted by molar-refractivity contribution is -0.146. The van der Waals surface area contributed by atoms with E-state index in [-0.39, 0.29) is 6.61 Å². The van der Waals surface area contributed by atoms with Crippen molar-refractivity contribution >= 4 is 45.3 Å². The molecule has 1 atom stereocenters. The Morgan fingerprint density at radius 3 is 2.54 bits per heavy atom.